The fraction of sp³-hybridized carbons (Fsp3) is 0.562. The number of rotatable bonds is 4. The first kappa shape index (κ1) is 18.3. The molecule has 0 radical (unpaired) electrons. The van der Waals surface area contributed by atoms with E-state index < -0.39 is 0 Å². The van der Waals surface area contributed by atoms with Crippen molar-refractivity contribution >= 4 is 29.9 Å². The molecule has 1 atom stereocenters. The molecule has 5 heteroatoms. The summed E-state index contributed by atoms with van der Waals surface area (Å²) in [4.78, 5) is 12.4. The summed E-state index contributed by atoms with van der Waals surface area (Å²) in [5.41, 5.74) is 1.01. The van der Waals surface area contributed by atoms with Crippen LogP contribution in [-0.4, -0.2) is 19.0 Å². The molecule has 21 heavy (non-hydrogen) atoms. The first-order valence-corrected chi connectivity index (χ1v) is 7.73. The second-order valence-electron chi connectivity index (χ2n) is 5.78. The van der Waals surface area contributed by atoms with E-state index in [1.54, 1.807) is 0 Å². The predicted octanol–water partition coefficient (Wildman–Crippen LogP) is 3.57. The molecule has 1 aliphatic rings. The first-order valence-electron chi connectivity index (χ1n) is 7.35. The highest BCUT2D eigenvalue weighted by molar-refractivity contribution is 6.31. The molecular weight excluding hydrogens is 307 g/mol. The van der Waals surface area contributed by atoms with Crippen LogP contribution in [0.1, 0.15) is 38.3 Å². The van der Waals surface area contributed by atoms with Gasteiger partial charge in [0.05, 0.1) is 6.04 Å². The van der Waals surface area contributed by atoms with Crippen molar-refractivity contribution in [2.24, 2.45) is 11.8 Å². The van der Waals surface area contributed by atoms with Gasteiger partial charge in [0.2, 0.25) is 5.91 Å². The van der Waals surface area contributed by atoms with Gasteiger partial charge in [0.15, 0.2) is 0 Å². The largest absolute Gasteiger partial charge is 0.349 e. The number of amides is 1. The Morgan fingerprint density at radius 1 is 1.29 bits per heavy atom. The Morgan fingerprint density at radius 3 is 2.48 bits per heavy atom. The van der Waals surface area contributed by atoms with E-state index in [-0.39, 0.29) is 30.3 Å². The van der Waals surface area contributed by atoms with Gasteiger partial charge in [-0.05, 0) is 43.5 Å². The van der Waals surface area contributed by atoms with E-state index in [9.17, 15) is 4.79 Å². The molecule has 1 aliphatic heterocycles. The van der Waals surface area contributed by atoms with Gasteiger partial charge in [0, 0.05) is 10.9 Å². The number of halogens is 2. The fourth-order valence-electron chi connectivity index (χ4n) is 2.69. The summed E-state index contributed by atoms with van der Waals surface area (Å²) < 4.78 is 0. The zero-order valence-corrected chi connectivity index (χ0v) is 14.1. The molecular formula is C16H24Cl2N2O. The number of carbonyl (C=O) groups excluding carboxylic acids is 1. The normalized spacial score (nSPS) is 17.1. The molecule has 0 spiro atoms. The molecule has 1 fully saturated rings. The minimum atomic E-state index is -0.0221. The number of carbonyl (C=O) groups is 1. The molecule has 1 saturated heterocycles. The van der Waals surface area contributed by atoms with E-state index in [1.807, 2.05) is 24.3 Å². The van der Waals surface area contributed by atoms with Gasteiger partial charge in [0.25, 0.3) is 0 Å². The third-order valence-corrected chi connectivity index (χ3v) is 4.26. The van der Waals surface area contributed by atoms with E-state index in [4.69, 9.17) is 11.6 Å². The standard InChI is InChI=1S/C16H23ClN2O.ClH/c1-11(2)15(13-5-3-4-6-14(13)17)19-16(20)12-7-9-18-10-8-12;/h3-6,11-12,15,18H,7-10H2,1-2H3,(H,19,20);1H. The second kappa shape index (κ2) is 8.62. The van der Waals surface area contributed by atoms with Gasteiger partial charge >= 0.3 is 0 Å². The topological polar surface area (TPSA) is 41.1 Å². The smallest absolute Gasteiger partial charge is 0.223 e. The van der Waals surface area contributed by atoms with Crippen LogP contribution < -0.4 is 10.6 Å². The lowest BCUT2D eigenvalue weighted by Crippen LogP contribution is -2.41. The fourth-order valence-corrected chi connectivity index (χ4v) is 2.94. The van der Waals surface area contributed by atoms with Crippen molar-refractivity contribution in [3.63, 3.8) is 0 Å². The minimum absolute atomic E-state index is 0. The molecule has 0 aromatic heterocycles. The van der Waals surface area contributed by atoms with E-state index in [2.05, 4.69) is 24.5 Å². The first-order chi connectivity index (χ1) is 9.59. The lowest BCUT2D eigenvalue weighted by Gasteiger charge is -2.28. The third kappa shape index (κ3) is 4.87. The maximum Gasteiger partial charge on any atom is 0.223 e. The molecule has 1 heterocycles. The van der Waals surface area contributed by atoms with Crippen molar-refractivity contribution in [2.45, 2.75) is 32.7 Å². The average molecular weight is 331 g/mol. The molecule has 3 nitrogen and oxygen atoms in total. The summed E-state index contributed by atoms with van der Waals surface area (Å²) in [7, 11) is 0. The van der Waals surface area contributed by atoms with Crippen LogP contribution in [-0.2, 0) is 4.79 Å². The Kier molecular flexibility index (Phi) is 7.50. The lowest BCUT2D eigenvalue weighted by molar-refractivity contribution is -0.126. The SMILES string of the molecule is CC(C)C(NC(=O)C1CCNCC1)c1ccccc1Cl.Cl. The quantitative estimate of drug-likeness (QED) is 0.885. The maximum atomic E-state index is 12.4. The number of nitrogens with one attached hydrogen (secondary N) is 2. The van der Waals surface area contributed by atoms with Crippen LogP contribution >= 0.6 is 24.0 Å². The number of hydrogen-bond donors (Lipinski definition) is 2. The van der Waals surface area contributed by atoms with Gasteiger partial charge in [-0.3, -0.25) is 4.79 Å². The van der Waals surface area contributed by atoms with E-state index in [0.29, 0.717) is 5.92 Å². The van der Waals surface area contributed by atoms with Crippen molar-refractivity contribution in [1.82, 2.24) is 10.6 Å². The number of piperidine rings is 1. The zero-order valence-electron chi connectivity index (χ0n) is 12.6. The number of hydrogen-bond acceptors (Lipinski definition) is 2. The van der Waals surface area contributed by atoms with Crippen molar-refractivity contribution in [1.29, 1.82) is 0 Å². The minimum Gasteiger partial charge on any atom is -0.349 e. The van der Waals surface area contributed by atoms with Gasteiger partial charge < -0.3 is 10.6 Å². The highest BCUT2D eigenvalue weighted by atomic mass is 35.5. The molecule has 1 unspecified atom stereocenters. The van der Waals surface area contributed by atoms with Crippen LogP contribution in [0, 0.1) is 11.8 Å². The van der Waals surface area contributed by atoms with Crippen molar-refractivity contribution < 1.29 is 4.79 Å². The van der Waals surface area contributed by atoms with Crippen LogP contribution in [0.25, 0.3) is 0 Å². The molecule has 2 rings (SSSR count). The van der Waals surface area contributed by atoms with E-state index in [1.165, 1.54) is 0 Å². The van der Waals surface area contributed by atoms with Crippen molar-refractivity contribution in [3.8, 4) is 0 Å². The molecule has 0 saturated carbocycles. The van der Waals surface area contributed by atoms with Crippen LogP contribution in [0.5, 0.6) is 0 Å². The van der Waals surface area contributed by atoms with E-state index in [0.717, 1.165) is 36.5 Å². The Labute approximate surface area is 138 Å². The summed E-state index contributed by atoms with van der Waals surface area (Å²) in [6.45, 7) is 6.07. The van der Waals surface area contributed by atoms with Gasteiger partial charge in [-0.25, -0.2) is 0 Å². The Balaban J connectivity index is 0.00000220. The monoisotopic (exact) mass is 330 g/mol. The Hall–Kier alpha value is -0.770. The number of benzene rings is 1. The van der Waals surface area contributed by atoms with Crippen LogP contribution in [0.15, 0.2) is 24.3 Å². The van der Waals surface area contributed by atoms with Crippen molar-refractivity contribution in [3.05, 3.63) is 34.9 Å². The van der Waals surface area contributed by atoms with Gasteiger partial charge in [-0.2, -0.15) is 0 Å². The molecule has 0 aliphatic carbocycles. The summed E-state index contributed by atoms with van der Waals surface area (Å²) in [5.74, 6) is 0.589. The zero-order chi connectivity index (χ0) is 14.5. The van der Waals surface area contributed by atoms with Gasteiger partial charge in [0.1, 0.15) is 0 Å². The predicted molar refractivity (Wildman–Crippen MR) is 90.0 cm³/mol. The highest BCUT2D eigenvalue weighted by Gasteiger charge is 2.26. The summed E-state index contributed by atoms with van der Waals surface area (Å²) in [6.07, 6.45) is 1.83. The Morgan fingerprint density at radius 2 is 1.90 bits per heavy atom. The molecule has 2 N–H and O–H groups in total. The van der Waals surface area contributed by atoms with Crippen LogP contribution in [0.4, 0.5) is 0 Å². The summed E-state index contributed by atoms with van der Waals surface area (Å²) >= 11 is 6.27. The van der Waals surface area contributed by atoms with Gasteiger partial charge in [-0.15, -0.1) is 12.4 Å². The van der Waals surface area contributed by atoms with Crippen molar-refractivity contribution in [2.75, 3.05) is 13.1 Å². The molecule has 1 aromatic rings. The Bertz CT molecular complexity index is 459. The van der Waals surface area contributed by atoms with Crippen LogP contribution in [0.3, 0.4) is 0 Å². The van der Waals surface area contributed by atoms with Gasteiger partial charge in [-0.1, -0.05) is 43.6 Å². The van der Waals surface area contributed by atoms with E-state index >= 15 is 0 Å². The molecule has 1 aromatic carbocycles. The molecule has 118 valence electrons. The highest BCUT2D eigenvalue weighted by Crippen LogP contribution is 2.28. The maximum absolute atomic E-state index is 12.4. The average Bonchev–Trinajstić information content (AvgIpc) is 2.46. The molecule has 0 bridgehead atoms. The summed E-state index contributed by atoms with van der Waals surface area (Å²) in [5, 5.41) is 7.20. The second-order valence-corrected chi connectivity index (χ2v) is 6.18. The third-order valence-electron chi connectivity index (χ3n) is 3.91. The lowest BCUT2D eigenvalue weighted by atomic mass is 9.92. The molecule has 1 amide bonds. The van der Waals surface area contributed by atoms with Crippen LogP contribution in [0.2, 0.25) is 5.02 Å². The summed E-state index contributed by atoms with van der Waals surface area (Å²) in [6, 6.07) is 7.73.